The molecule has 4 rings (SSSR count). The number of aromatic nitrogens is 3. The Bertz CT molecular complexity index is 976. The fourth-order valence-electron chi connectivity index (χ4n) is 2.85. The average Bonchev–Trinajstić information content (AvgIpc) is 3.14. The minimum absolute atomic E-state index is 0.148. The molecule has 120 valence electrons. The van der Waals surface area contributed by atoms with Crippen molar-refractivity contribution in [1.82, 2.24) is 14.3 Å². The molecule has 0 spiro atoms. The summed E-state index contributed by atoms with van der Waals surface area (Å²) >= 11 is 0. The molecule has 1 aliphatic rings. The molecule has 2 aromatic heterocycles. The number of carbonyl (C=O) groups is 1. The van der Waals surface area contributed by atoms with Gasteiger partial charge in [0.15, 0.2) is 5.75 Å². The molecule has 1 fully saturated rings. The summed E-state index contributed by atoms with van der Waals surface area (Å²) in [5, 5.41) is 23.0. The maximum absolute atomic E-state index is 10.6. The number of ether oxygens (including phenoxy) is 1. The molecular formula is C17H14N4O3. The van der Waals surface area contributed by atoms with Crippen LogP contribution >= 0.6 is 0 Å². The maximum atomic E-state index is 10.6. The lowest BCUT2D eigenvalue weighted by molar-refractivity contribution is 0.144. The Morgan fingerprint density at radius 3 is 2.96 bits per heavy atom. The SMILES string of the molecule is N#Cc1cn(CC2CC2)c2ccc(-n3cc(OC(=O)O)cn3)cc12. The van der Waals surface area contributed by atoms with Crippen molar-refractivity contribution < 1.29 is 14.6 Å². The van der Waals surface area contributed by atoms with Crippen LogP contribution in [0.15, 0.2) is 36.8 Å². The Morgan fingerprint density at radius 1 is 1.42 bits per heavy atom. The van der Waals surface area contributed by atoms with Crippen molar-refractivity contribution in [3.63, 3.8) is 0 Å². The molecule has 3 aromatic rings. The predicted molar refractivity (Wildman–Crippen MR) is 85.2 cm³/mol. The maximum Gasteiger partial charge on any atom is 0.511 e. The Morgan fingerprint density at radius 2 is 2.25 bits per heavy atom. The van der Waals surface area contributed by atoms with Gasteiger partial charge in [-0.1, -0.05) is 0 Å². The van der Waals surface area contributed by atoms with Crippen molar-refractivity contribution in [2.75, 3.05) is 0 Å². The number of nitrogens with zero attached hydrogens (tertiary/aromatic N) is 4. The van der Waals surface area contributed by atoms with Crippen LogP contribution in [0.3, 0.4) is 0 Å². The molecule has 0 atom stereocenters. The second-order valence-electron chi connectivity index (χ2n) is 5.94. The molecule has 0 amide bonds. The summed E-state index contributed by atoms with van der Waals surface area (Å²) in [4.78, 5) is 10.6. The van der Waals surface area contributed by atoms with E-state index in [0.29, 0.717) is 11.5 Å². The molecule has 1 aromatic carbocycles. The van der Waals surface area contributed by atoms with Crippen LogP contribution < -0.4 is 4.74 Å². The third kappa shape index (κ3) is 2.58. The van der Waals surface area contributed by atoms with E-state index < -0.39 is 6.16 Å². The highest BCUT2D eigenvalue weighted by atomic mass is 16.7. The van der Waals surface area contributed by atoms with Crippen LogP contribution in [-0.4, -0.2) is 25.6 Å². The fraction of sp³-hybridized carbons (Fsp3) is 0.235. The highest BCUT2D eigenvalue weighted by Crippen LogP contribution is 2.33. The topological polar surface area (TPSA) is 93.1 Å². The zero-order valence-electron chi connectivity index (χ0n) is 12.7. The van der Waals surface area contributed by atoms with Gasteiger partial charge in [-0.05, 0) is 37.0 Å². The highest BCUT2D eigenvalue weighted by molar-refractivity contribution is 5.88. The molecule has 1 aliphatic carbocycles. The first-order valence-electron chi connectivity index (χ1n) is 7.63. The lowest BCUT2D eigenvalue weighted by Crippen LogP contribution is -2.02. The number of rotatable bonds is 4. The summed E-state index contributed by atoms with van der Waals surface area (Å²) in [5.74, 6) is 0.864. The van der Waals surface area contributed by atoms with Crippen molar-refractivity contribution in [1.29, 1.82) is 5.26 Å². The monoisotopic (exact) mass is 322 g/mol. The molecule has 0 bridgehead atoms. The molecule has 0 saturated heterocycles. The third-order valence-electron chi connectivity index (χ3n) is 4.17. The zero-order chi connectivity index (χ0) is 16.7. The lowest BCUT2D eigenvalue weighted by atomic mass is 10.1. The van der Waals surface area contributed by atoms with Crippen LogP contribution in [0.5, 0.6) is 5.75 Å². The molecule has 24 heavy (non-hydrogen) atoms. The van der Waals surface area contributed by atoms with Crippen LogP contribution in [-0.2, 0) is 6.54 Å². The lowest BCUT2D eigenvalue weighted by Gasteiger charge is -2.05. The van der Waals surface area contributed by atoms with Gasteiger partial charge in [0.25, 0.3) is 0 Å². The van der Waals surface area contributed by atoms with Crippen molar-refractivity contribution in [2.24, 2.45) is 5.92 Å². The second-order valence-corrected chi connectivity index (χ2v) is 5.94. The van der Waals surface area contributed by atoms with Crippen LogP contribution in [0.1, 0.15) is 18.4 Å². The molecule has 2 heterocycles. The number of hydrogen-bond acceptors (Lipinski definition) is 4. The van der Waals surface area contributed by atoms with Gasteiger partial charge in [-0.3, -0.25) is 0 Å². The van der Waals surface area contributed by atoms with Crippen molar-refractivity contribution in [2.45, 2.75) is 19.4 Å². The van der Waals surface area contributed by atoms with E-state index in [2.05, 4.69) is 20.5 Å². The number of carboxylic acid groups (broad SMARTS) is 1. The van der Waals surface area contributed by atoms with E-state index in [-0.39, 0.29) is 5.75 Å². The van der Waals surface area contributed by atoms with Crippen LogP contribution in [0.2, 0.25) is 0 Å². The fourth-order valence-corrected chi connectivity index (χ4v) is 2.85. The molecule has 0 unspecified atom stereocenters. The summed E-state index contributed by atoms with van der Waals surface area (Å²) in [6.07, 6.45) is 5.84. The summed E-state index contributed by atoms with van der Waals surface area (Å²) in [7, 11) is 0. The summed E-state index contributed by atoms with van der Waals surface area (Å²) in [6, 6.07) is 7.98. The van der Waals surface area contributed by atoms with E-state index in [9.17, 15) is 10.1 Å². The minimum atomic E-state index is -1.38. The first-order chi connectivity index (χ1) is 11.6. The molecule has 1 N–H and O–H groups in total. The van der Waals surface area contributed by atoms with Gasteiger partial charge in [-0.2, -0.15) is 10.4 Å². The highest BCUT2D eigenvalue weighted by Gasteiger charge is 2.23. The molecule has 7 heteroatoms. The zero-order valence-corrected chi connectivity index (χ0v) is 12.7. The normalized spacial score (nSPS) is 13.8. The Labute approximate surface area is 137 Å². The Kier molecular flexibility index (Phi) is 3.24. The minimum Gasteiger partial charge on any atom is -0.449 e. The van der Waals surface area contributed by atoms with Gasteiger partial charge in [0.1, 0.15) is 6.07 Å². The second kappa shape index (κ2) is 5.42. The van der Waals surface area contributed by atoms with E-state index in [1.807, 2.05) is 24.4 Å². The van der Waals surface area contributed by atoms with E-state index >= 15 is 0 Å². The quantitative estimate of drug-likeness (QED) is 0.745. The van der Waals surface area contributed by atoms with Gasteiger partial charge in [0.05, 0.1) is 23.6 Å². The summed E-state index contributed by atoms with van der Waals surface area (Å²) in [6.45, 7) is 0.940. The third-order valence-corrected chi connectivity index (χ3v) is 4.17. The van der Waals surface area contributed by atoms with E-state index in [1.165, 1.54) is 29.9 Å². The number of hydrogen-bond donors (Lipinski definition) is 1. The number of fused-ring (bicyclic) bond motifs is 1. The van der Waals surface area contributed by atoms with Crippen LogP contribution in [0.4, 0.5) is 4.79 Å². The molecule has 0 aliphatic heterocycles. The van der Waals surface area contributed by atoms with Gasteiger partial charge in [0.2, 0.25) is 0 Å². The summed E-state index contributed by atoms with van der Waals surface area (Å²) < 4.78 is 8.24. The van der Waals surface area contributed by atoms with Gasteiger partial charge >= 0.3 is 6.16 Å². The number of nitriles is 1. The molecule has 1 saturated carbocycles. The first-order valence-corrected chi connectivity index (χ1v) is 7.63. The van der Waals surface area contributed by atoms with Gasteiger partial charge in [-0.25, -0.2) is 9.48 Å². The van der Waals surface area contributed by atoms with E-state index in [1.54, 1.807) is 0 Å². The van der Waals surface area contributed by atoms with Crippen LogP contribution in [0.25, 0.3) is 16.6 Å². The van der Waals surface area contributed by atoms with Crippen LogP contribution in [0, 0.1) is 17.2 Å². The van der Waals surface area contributed by atoms with Crippen molar-refractivity contribution in [3.05, 3.63) is 42.4 Å². The number of benzene rings is 1. The van der Waals surface area contributed by atoms with Gasteiger partial charge in [-0.15, -0.1) is 0 Å². The Hall–Kier alpha value is -3.27. The Balaban J connectivity index is 1.73. The van der Waals surface area contributed by atoms with Crippen molar-refractivity contribution in [3.8, 4) is 17.5 Å². The molecule has 7 nitrogen and oxygen atoms in total. The predicted octanol–water partition coefficient (Wildman–Crippen LogP) is 3.17. The van der Waals surface area contributed by atoms with Crippen molar-refractivity contribution >= 4 is 17.1 Å². The first kappa shape index (κ1) is 14.3. The van der Waals surface area contributed by atoms with Gasteiger partial charge < -0.3 is 14.4 Å². The standard InChI is InChI=1S/C17H14N4O3/c18-6-12-9-20(8-11-1-2-11)16-4-3-13(5-15(12)16)21-10-14(7-19-21)24-17(22)23/h3-5,7,9-11H,1-2,8H2,(H,22,23). The average molecular weight is 322 g/mol. The molecule has 0 radical (unpaired) electrons. The molecular weight excluding hydrogens is 308 g/mol. The van der Waals surface area contributed by atoms with Gasteiger partial charge in [0, 0.05) is 23.6 Å². The largest absolute Gasteiger partial charge is 0.511 e. The van der Waals surface area contributed by atoms with E-state index in [4.69, 9.17) is 5.11 Å². The summed E-state index contributed by atoms with van der Waals surface area (Å²) in [5.41, 5.74) is 2.39. The van der Waals surface area contributed by atoms with E-state index in [0.717, 1.165) is 23.1 Å². The smallest absolute Gasteiger partial charge is 0.449 e.